The molecular formula is C22H23FN4O3. The van der Waals surface area contributed by atoms with Gasteiger partial charge >= 0.3 is 5.69 Å². The summed E-state index contributed by atoms with van der Waals surface area (Å²) in [4.78, 5) is 41.7. The summed E-state index contributed by atoms with van der Waals surface area (Å²) in [5.41, 5.74) is 5.77. The van der Waals surface area contributed by atoms with Gasteiger partial charge in [-0.05, 0) is 36.2 Å². The van der Waals surface area contributed by atoms with Gasteiger partial charge in [0, 0.05) is 12.1 Å². The summed E-state index contributed by atoms with van der Waals surface area (Å²) in [7, 11) is 0. The molecule has 0 atom stereocenters. The number of H-pyrrole nitrogens is 1. The number of halogens is 1. The van der Waals surface area contributed by atoms with E-state index in [0.717, 1.165) is 12.0 Å². The molecule has 0 unspecified atom stereocenters. The third-order valence-corrected chi connectivity index (χ3v) is 4.74. The molecule has 0 aliphatic heterocycles. The number of hydrogen-bond acceptors (Lipinski definition) is 4. The van der Waals surface area contributed by atoms with Crippen molar-refractivity contribution < 1.29 is 9.18 Å². The van der Waals surface area contributed by atoms with E-state index in [2.05, 4.69) is 4.98 Å². The number of aromatic amines is 1. The number of unbranched alkanes of at least 4 members (excludes halogenated alkanes) is 1. The summed E-state index contributed by atoms with van der Waals surface area (Å²) in [6.45, 7) is 2.32. The molecule has 1 aromatic heterocycles. The Bertz CT molecular complexity index is 1140. The van der Waals surface area contributed by atoms with Crippen LogP contribution in [0.1, 0.15) is 35.7 Å². The van der Waals surface area contributed by atoms with Gasteiger partial charge in [-0.15, -0.1) is 0 Å². The number of aromatic nitrogens is 2. The Morgan fingerprint density at radius 3 is 2.40 bits per heavy atom. The molecular weight excluding hydrogens is 387 g/mol. The van der Waals surface area contributed by atoms with E-state index < -0.39 is 23.0 Å². The fourth-order valence-corrected chi connectivity index (χ4v) is 3.14. The highest BCUT2D eigenvalue weighted by Crippen LogP contribution is 2.21. The van der Waals surface area contributed by atoms with Gasteiger partial charge in [0.1, 0.15) is 11.6 Å². The van der Waals surface area contributed by atoms with Gasteiger partial charge in [0.2, 0.25) is 0 Å². The number of carbonyl (C=O) groups is 1. The minimum absolute atomic E-state index is 0.0895. The first-order valence-corrected chi connectivity index (χ1v) is 9.66. The fourth-order valence-electron chi connectivity index (χ4n) is 3.14. The zero-order valence-electron chi connectivity index (χ0n) is 16.6. The molecule has 2 aromatic carbocycles. The zero-order chi connectivity index (χ0) is 21.7. The van der Waals surface area contributed by atoms with E-state index >= 15 is 0 Å². The van der Waals surface area contributed by atoms with Crippen LogP contribution < -0.4 is 21.9 Å². The molecule has 1 heterocycles. The fraction of sp³-hybridized carbons (Fsp3) is 0.227. The summed E-state index contributed by atoms with van der Waals surface area (Å²) in [6, 6.07) is 14.2. The largest absolute Gasteiger partial charge is 0.383 e. The van der Waals surface area contributed by atoms with Gasteiger partial charge in [-0.2, -0.15) is 0 Å². The molecule has 1 amide bonds. The first kappa shape index (κ1) is 21.0. The standard InChI is InChI=1S/C22H23FN4O3/c1-2-3-13-26(21(29)16-9-11-17(23)12-10-16)18-19(24)27(22(30)25-20(18)28)14-15-7-5-4-6-8-15/h4-12H,2-3,13-14,24H2,1H3,(H,25,28,30). The lowest BCUT2D eigenvalue weighted by molar-refractivity contribution is 0.0986. The average molecular weight is 410 g/mol. The van der Waals surface area contributed by atoms with Gasteiger partial charge in [-0.1, -0.05) is 43.7 Å². The molecule has 0 spiro atoms. The predicted molar refractivity (Wildman–Crippen MR) is 114 cm³/mol. The lowest BCUT2D eigenvalue weighted by atomic mass is 10.1. The molecule has 0 saturated heterocycles. The Labute approximate surface area is 172 Å². The number of nitrogens with two attached hydrogens (primary N) is 1. The van der Waals surface area contributed by atoms with Gasteiger partial charge in [-0.3, -0.25) is 19.1 Å². The minimum atomic E-state index is -0.742. The summed E-state index contributed by atoms with van der Waals surface area (Å²) < 4.78 is 14.5. The van der Waals surface area contributed by atoms with Crippen LogP contribution >= 0.6 is 0 Å². The van der Waals surface area contributed by atoms with Crippen molar-refractivity contribution in [2.24, 2.45) is 0 Å². The maximum atomic E-state index is 13.3. The van der Waals surface area contributed by atoms with Crippen molar-refractivity contribution in [3.63, 3.8) is 0 Å². The van der Waals surface area contributed by atoms with Crippen LogP contribution in [-0.4, -0.2) is 22.0 Å². The summed E-state index contributed by atoms with van der Waals surface area (Å²) in [5, 5.41) is 0. The number of benzene rings is 2. The molecule has 3 N–H and O–H groups in total. The maximum Gasteiger partial charge on any atom is 0.330 e. The van der Waals surface area contributed by atoms with Crippen LogP contribution in [0.3, 0.4) is 0 Å². The number of nitrogens with zero attached hydrogens (tertiary/aromatic N) is 2. The van der Waals surface area contributed by atoms with E-state index in [1.165, 1.54) is 33.7 Å². The normalized spacial score (nSPS) is 10.7. The molecule has 30 heavy (non-hydrogen) atoms. The molecule has 0 aliphatic rings. The zero-order valence-corrected chi connectivity index (χ0v) is 16.6. The van der Waals surface area contributed by atoms with Crippen molar-refractivity contribution in [3.8, 4) is 0 Å². The van der Waals surface area contributed by atoms with E-state index in [1.807, 2.05) is 37.3 Å². The Morgan fingerprint density at radius 2 is 1.77 bits per heavy atom. The van der Waals surface area contributed by atoms with Crippen LogP contribution in [0.15, 0.2) is 64.2 Å². The number of carbonyl (C=O) groups excluding carboxylic acids is 1. The first-order valence-electron chi connectivity index (χ1n) is 9.66. The quantitative estimate of drug-likeness (QED) is 0.625. The summed E-state index contributed by atoms with van der Waals surface area (Å²) in [5.74, 6) is -1.06. The van der Waals surface area contributed by atoms with Gasteiger partial charge in [0.25, 0.3) is 11.5 Å². The average Bonchev–Trinajstić information content (AvgIpc) is 2.74. The number of nitrogens with one attached hydrogen (secondary N) is 1. The van der Waals surface area contributed by atoms with Crippen molar-refractivity contribution in [1.29, 1.82) is 0 Å². The van der Waals surface area contributed by atoms with E-state index in [-0.39, 0.29) is 30.2 Å². The third kappa shape index (κ3) is 4.48. The molecule has 7 nitrogen and oxygen atoms in total. The number of anilines is 2. The van der Waals surface area contributed by atoms with Crippen molar-refractivity contribution in [2.75, 3.05) is 17.2 Å². The van der Waals surface area contributed by atoms with E-state index in [9.17, 15) is 18.8 Å². The highest BCUT2D eigenvalue weighted by molar-refractivity contribution is 6.07. The molecule has 8 heteroatoms. The highest BCUT2D eigenvalue weighted by atomic mass is 19.1. The predicted octanol–water partition coefficient (Wildman–Crippen LogP) is 2.75. The van der Waals surface area contributed by atoms with Crippen LogP contribution in [0.5, 0.6) is 0 Å². The maximum absolute atomic E-state index is 13.3. The molecule has 0 aliphatic carbocycles. The van der Waals surface area contributed by atoms with Crippen molar-refractivity contribution >= 4 is 17.4 Å². The Kier molecular flexibility index (Phi) is 6.46. The van der Waals surface area contributed by atoms with Crippen LogP contribution in [0.4, 0.5) is 15.9 Å². The van der Waals surface area contributed by atoms with Crippen LogP contribution in [-0.2, 0) is 6.54 Å². The van der Waals surface area contributed by atoms with E-state index in [0.29, 0.717) is 6.42 Å². The number of rotatable bonds is 7. The minimum Gasteiger partial charge on any atom is -0.383 e. The second-order valence-electron chi connectivity index (χ2n) is 6.88. The number of hydrogen-bond donors (Lipinski definition) is 2. The molecule has 3 rings (SSSR count). The first-order chi connectivity index (χ1) is 14.4. The third-order valence-electron chi connectivity index (χ3n) is 4.74. The topological polar surface area (TPSA) is 101 Å². The van der Waals surface area contributed by atoms with Crippen LogP contribution in [0, 0.1) is 5.82 Å². The van der Waals surface area contributed by atoms with Crippen LogP contribution in [0.25, 0.3) is 0 Å². The smallest absolute Gasteiger partial charge is 0.330 e. The molecule has 0 radical (unpaired) electrons. The number of nitrogen functional groups attached to an aromatic ring is 1. The molecule has 3 aromatic rings. The van der Waals surface area contributed by atoms with E-state index in [4.69, 9.17) is 5.73 Å². The number of amides is 1. The summed E-state index contributed by atoms with van der Waals surface area (Å²) >= 11 is 0. The van der Waals surface area contributed by atoms with Crippen LogP contribution in [0.2, 0.25) is 0 Å². The van der Waals surface area contributed by atoms with Gasteiger partial charge in [0.05, 0.1) is 6.54 Å². The molecule has 0 fully saturated rings. The molecule has 0 bridgehead atoms. The van der Waals surface area contributed by atoms with Crippen molar-refractivity contribution in [1.82, 2.24) is 9.55 Å². The Morgan fingerprint density at radius 1 is 1.10 bits per heavy atom. The Hall–Kier alpha value is -3.68. The van der Waals surface area contributed by atoms with Crippen molar-refractivity contribution in [2.45, 2.75) is 26.3 Å². The lowest BCUT2D eigenvalue weighted by Gasteiger charge is -2.24. The Balaban J connectivity index is 2.09. The van der Waals surface area contributed by atoms with E-state index in [1.54, 1.807) is 0 Å². The molecule has 0 saturated carbocycles. The lowest BCUT2D eigenvalue weighted by Crippen LogP contribution is -2.41. The molecule has 156 valence electrons. The highest BCUT2D eigenvalue weighted by Gasteiger charge is 2.25. The van der Waals surface area contributed by atoms with Gasteiger partial charge < -0.3 is 10.6 Å². The SMILES string of the molecule is CCCCN(C(=O)c1ccc(F)cc1)c1c(N)n(Cc2ccccc2)c(=O)[nH]c1=O. The van der Waals surface area contributed by atoms with Gasteiger partial charge in [-0.25, -0.2) is 9.18 Å². The second-order valence-corrected chi connectivity index (χ2v) is 6.88. The second kappa shape index (κ2) is 9.21. The summed E-state index contributed by atoms with van der Waals surface area (Å²) in [6.07, 6.45) is 1.39. The monoisotopic (exact) mass is 410 g/mol. The van der Waals surface area contributed by atoms with Gasteiger partial charge in [0.15, 0.2) is 5.69 Å². The van der Waals surface area contributed by atoms with Crippen molar-refractivity contribution in [3.05, 3.63) is 92.4 Å².